The lowest BCUT2D eigenvalue weighted by molar-refractivity contribution is -0.142. The predicted molar refractivity (Wildman–Crippen MR) is 129 cm³/mol. The molecule has 0 spiro atoms. The Morgan fingerprint density at radius 3 is 2.26 bits per heavy atom. The Balaban J connectivity index is 1.54. The minimum absolute atomic E-state index is 0.151. The number of halogens is 4. The van der Waals surface area contributed by atoms with Crippen LogP contribution < -0.4 is 4.74 Å². The molecule has 0 aliphatic heterocycles. The van der Waals surface area contributed by atoms with Crippen LogP contribution in [0.5, 0.6) is 5.75 Å². The molecule has 35 heavy (non-hydrogen) atoms. The molecule has 0 unspecified atom stereocenters. The number of alkyl halides is 3. The second kappa shape index (κ2) is 9.07. The van der Waals surface area contributed by atoms with Gasteiger partial charge in [0.25, 0.3) is 0 Å². The summed E-state index contributed by atoms with van der Waals surface area (Å²) < 4.78 is 48.7. The molecule has 0 saturated heterocycles. The van der Waals surface area contributed by atoms with Crippen LogP contribution in [0.4, 0.5) is 13.2 Å². The first-order valence-corrected chi connectivity index (χ1v) is 11.2. The van der Waals surface area contributed by atoms with Gasteiger partial charge in [-0.15, -0.1) is 0 Å². The molecule has 5 rings (SSSR count). The first kappa shape index (κ1) is 22.9. The van der Waals surface area contributed by atoms with Gasteiger partial charge in [0.15, 0.2) is 11.3 Å². The Bertz CT molecular complexity index is 1500. The van der Waals surface area contributed by atoms with Crippen molar-refractivity contribution >= 4 is 17.2 Å². The minimum atomic E-state index is -4.61. The van der Waals surface area contributed by atoms with E-state index in [9.17, 15) is 13.2 Å². The molecule has 0 atom stereocenters. The maximum absolute atomic E-state index is 14.0. The zero-order valence-electron chi connectivity index (χ0n) is 18.6. The molecule has 2 aromatic heterocycles. The van der Waals surface area contributed by atoms with Crippen LogP contribution in [0.3, 0.4) is 0 Å². The van der Waals surface area contributed by atoms with Crippen LogP contribution >= 0.6 is 11.6 Å². The lowest BCUT2D eigenvalue weighted by atomic mass is 10.1. The van der Waals surface area contributed by atoms with Gasteiger partial charge in [-0.1, -0.05) is 60.1 Å². The van der Waals surface area contributed by atoms with Gasteiger partial charge in [-0.25, -0.2) is 9.50 Å². The Morgan fingerprint density at radius 2 is 1.57 bits per heavy atom. The Hall–Kier alpha value is -3.84. The second-order valence-electron chi connectivity index (χ2n) is 7.99. The number of aromatic nitrogens is 3. The lowest BCUT2D eigenvalue weighted by Gasteiger charge is -2.12. The number of ether oxygens (including phenoxy) is 1. The highest BCUT2D eigenvalue weighted by Crippen LogP contribution is 2.36. The Morgan fingerprint density at radius 1 is 0.886 bits per heavy atom. The molecule has 0 aliphatic rings. The molecule has 8 heteroatoms. The fourth-order valence-corrected chi connectivity index (χ4v) is 4.10. The van der Waals surface area contributed by atoms with E-state index in [0.29, 0.717) is 27.6 Å². The zero-order valence-corrected chi connectivity index (χ0v) is 19.3. The summed E-state index contributed by atoms with van der Waals surface area (Å²) >= 11 is 6.17. The number of hydrogen-bond donors (Lipinski definition) is 0. The van der Waals surface area contributed by atoms with Crippen molar-refractivity contribution in [3.8, 4) is 28.1 Å². The number of nitrogens with zero attached hydrogens (tertiary/aromatic N) is 3. The van der Waals surface area contributed by atoms with Gasteiger partial charge in [0.1, 0.15) is 12.4 Å². The molecule has 0 bridgehead atoms. The predicted octanol–water partition coefficient (Wildman–Crippen LogP) is 7.62. The SMILES string of the molecule is Cc1nn2c(C(F)(F)F)cc(-c3ccc(OCc4ccccc4Cl)cc3)nc2c1-c1ccccc1. The van der Waals surface area contributed by atoms with Crippen molar-refractivity contribution in [1.82, 2.24) is 14.6 Å². The Kier molecular flexibility index (Phi) is 5.94. The first-order chi connectivity index (χ1) is 16.8. The van der Waals surface area contributed by atoms with E-state index in [1.807, 2.05) is 48.5 Å². The minimum Gasteiger partial charge on any atom is -0.489 e. The van der Waals surface area contributed by atoms with Gasteiger partial charge in [-0.3, -0.25) is 0 Å². The fourth-order valence-electron chi connectivity index (χ4n) is 3.91. The monoisotopic (exact) mass is 493 g/mol. The molecule has 0 aliphatic carbocycles. The lowest BCUT2D eigenvalue weighted by Crippen LogP contribution is -2.13. The van der Waals surface area contributed by atoms with Gasteiger partial charge in [0.05, 0.1) is 11.4 Å². The quantitative estimate of drug-likeness (QED) is 0.253. The first-order valence-electron chi connectivity index (χ1n) is 10.8. The van der Waals surface area contributed by atoms with Gasteiger partial charge in [0.2, 0.25) is 0 Å². The summed E-state index contributed by atoms with van der Waals surface area (Å²) in [4.78, 5) is 4.59. The number of benzene rings is 3. The van der Waals surface area contributed by atoms with Crippen molar-refractivity contribution in [1.29, 1.82) is 0 Å². The highest BCUT2D eigenvalue weighted by molar-refractivity contribution is 6.31. The van der Waals surface area contributed by atoms with Crippen molar-refractivity contribution in [3.05, 3.63) is 107 Å². The van der Waals surface area contributed by atoms with E-state index in [-0.39, 0.29) is 17.9 Å². The summed E-state index contributed by atoms with van der Waals surface area (Å²) in [5.74, 6) is 0.566. The van der Waals surface area contributed by atoms with Crippen molar-refractivity contribution in [2.75, 3.05) is 0 Å². The summed E-state index contributed by atoms with van der Waals surface area (Å²) in [6.07, 6.45) is -4.61. The summed E-state index contributed by atoms with van der Waals surface area (Å²) in [6, 6.07) is 24.3. The third-order valence-electron chi connectivity index (χ3n) is 5.62. The van der Waals surface area contributed by atoms with Gasteiger partial charge in [-0.05, 0) is 48.9 Å². The number of aryl methyl sites for hydroxylation is 1. The standard InChI is InChI=1S/C27H19ClF3N3O/c1-17-25(19-7-3-2-4-8-19)26-32-23(15-24(27(29,30)31)34(26)33-17)18-11-13-21(14-12-18)35-16-20-9-5-6-10-22(20)28/h2-15H,16H2,1H3. The summed E-state index contributed by atoms with van der Waals surface area (Å²) in [7, 11) is 0. The van der Waals surface area contributed by atoms with E-state index in [4.69, 9.17) is 16.3 Å². The summed E-state index contributed by atoms with van der Waals surface area (Å²) in [5, 5.41) is 4.77. The third kappa shape index (κ3) is 4.59. The van der Waals surface area contributed by atoms with E-state index < -0.39 is 11.9 Å². The van der Waals surface area contributed by atoms with Crippen molar-refractivity contribution in [2.45, 2.75) is 19.7 Å². The largest absolute Gasteiger partial charge is 0.489 e. The van der Waals surface area contributed by atoms with E-state index in [1.165, 1.54) is 0 Å². The fraction of sp³-hybridized carbons (Fsp3) is 0.111. The number of hydrogen-bond acceptors (Lipinski definition) is 3. The smallest absolute Gasteiger partial charge is 0.433 e. The molecule has 0 N–H and O–H groups in total. The second-order valence-corrected chi connectivity index (χ2v) is 8.40. The van der Waals surface area contributed by atoms with E-state index in [2.05, 4.69) is 10.1 Å². The molecule has 3 aromatic carbocycles. The van der Waals surface area contributed by atoms with E-state index in [0.717, 1.165) is 21.7 Å². The van der Waals surface area contributed by atoms with Crippen LogP contribution in [0.2, 0.25) is 5.02 Å². The topological polar surface area (TPSA) is 39.4 Å². The van der Waals surface area contributed by atoms with Gasteiger partial charge < -0.3 is 4.74 Å². The van der Waals surface area contributed by atoms with Crippen molar-refractivity contribution < 1.29 is 17.9 Å². The molecule has 0 fully saturated rings. The van der Waals surface area contributed by atoms with Gasteiger partial charge in [-0.2, -0.15) is 18.3 Å². The molecule has 2 heterocycles. The normalized spacial score (nSPS) is 11.7. The molecule has 4 nitrogen and oxygen atoms in total. The Labute approximate surface area is 204 Å². The van der Waals surface area contributed by atoms with Crippen LogP contribution in [-0.2, 0) is 12.8 Å². The molecule has 0 amide bonds. The molecular weight excluding hydrogens is 475 g/mol. The van der Waals surface area contributed by atoms with Gasteiger partial charge >= 0.3 is 6.18 Å². The van der Waals surface area contributed by atoms with Crippen molar-refractivity contribution in [3.63, 3.8) is 0 Å². The molecule has 176 valence electrons. The van der Waals surface area contributed by atoms with Crippen LogP contribution in [0.1, 0.15) is 17.0 Å². The maximum Gasteiger partial charge on any atom is 0.433 e. The zero-order chi connectivity index (χ0) is 24.6. The van der Waals surface area contributed by atoms with Crippen LogP contribution in [-0.4, -0.2) is 14.6 Å². The average molecular weight is 494 g/mol. The third-order valence-corrected chi connectivity index (χ3v) is 5.99. The van der Waals surface area contributed by atoms with E-state index >= 15 is 0 Å². The highest BCUT2D eigenvalue weighted by Gasteiger charge is 2.36. The van der Waals surface area contributed by atoms with E-state index in [1.54, 1.807) is 37.3 Å². The van der Waals surface area contributed by atoms with Gasteiger partial charge in [0, 0.05) is 21.7 Å². The summed E-state index contributed by atoms with van der Waals surface area (Å²) in [6.45, 7) is 1.96. The molecular formula is C27H19ClF3N3O. The molecule has 0 saturated carbocycles. The highest BCUT2D eigenvalue weighted by atomic mass is 35.5. The molecule has 5 aromatic rings. The molecule has 0 radical (unpaired) electrons. The number of fused-ring (bicyclic) bond motifs is 1. The van der Waals surface area contributed by atoms with Crippen LogP contribution in [0.25, 0.3) is 28.0 Å². The average Bonchev–Trinajstić information content (AvgIpc) is 3.18. The van der Waals surface area contributed by atoms with Crippen LogP contribution in [0.15, 0.2) is 84.9 Å². The van der Waals surface area contributed by atoms with Crippen LogP contribution in [0, 0.1) is 6.92 Å². The summed E-state index contributed by atoms with van der Waals surface area (Å²) in [5.41, 5.74) is 2.61. The number of rotatable bonds is 5. The van der Waals surface area contributed by atoms with Crippen molar-refractivity contribution in [2.24, 2.45) is 0 Å². The maximum atomic E-state index is 14.0.